The van der Waals surface area contributed by atoms with Gasteiger partial charge in [-0.3, -0.25) is 9.48 Å². The number of hydrogen-bond donors (Lipinski definition) is 1. The Morgan fingerprint density at radius 3 is 2.60 bits per heavy atom. The van der Waals surface area contributed by atoms with Crippen molar-refractivity contribution in [1.29, 1.82) is 5.26 Å². The Labute approximate surface area is 181 Å². The van der Waals surface area contributed by atoms with Gasteiger partial charge in [0.25, 0.3) is 5.91 Å². The van der Waals surface area contributed by atoms with Crippen molar-refractivity contribution in [1.82, 2.24) is 9.78 Å². The molecule has 0 aliphatic rings. The van der Waals surface area contributed by atoms with E-state index in [1.165, 1.54) is 0 Å². The van der Waals surface area contributed by atoms with Crippen LogP contribution in [-0.4, -0.2) is 15.7 Å². The number of amides is 1. The summed E-state index contributed by atoms with van der Waals surface area (Å²) in [6.07, 6.45) is 1.60. The number of rotatable bonds is 5. The van der Waals surface area contributed by atoms with Gasteiger partial charge in [-0.2, -0.15) is 10.4 Å². The topological polar surface area (TPSA) is 70.7 Å². The minimum absolute atomic E-state index is 0.0264. The van der Waals surface area contributed by atoms with Crippen LogP contribution in [0.15, 0.2) is 48.0 Å². The van der Waals surface area contributed by atoms with Crippen LogP contribution in [-0.2, 0) is 11.3 Å². The highest BCUT2D eigenvalue weighted by Gasteiger charge is 2.16. The fourth-order valence-electron chi connectivity index (χ4n) is 3.30. The van der Waals surface area contributed by atoms with Crippen LogP contribution in [0.3, 0.4) is 0 Å². The average Bonchev–Trinajstić information content (AvgIpc) is 2.96. The van der Waals surface area contributed by atoms with E-state index in [9.17, 15) is 10.1 Å². The lowest BCUT2D eigenvalue weighted by Gasteiger charge is -2.09. The van der Waals surface area contributed by atoms with E-state index in [0.717, 1.165) is 33.6 Å². The number of nitriles is 1. The number of carbonyl (C=O) groups excluding carboxylic acids is 1. The Kier molecular flexibility index (Phi) is 6.39. The van der Waals surface area contributed by atoms with Crippen molar-refractivity contribution in [2.75, 3.05) is 5.32 Å². The van der Waals surface area contributed by atoms with Gasteiger partial charge in [0.05, 0.1) is 12.2 Å². The molecule has 0 unspecified atom stereocenters. The van der Waals surface area contributed by atoms with Gasteiger partial charge < -0.3 is 5.32 Å². The number of anilines is 1. The van der Waals surface area contributed by atoms with Crippen LogP contribution in [0.2, 0.25) is 5.02 Å². The molecular weight excluding hydrogens is 396 g/mol. The molecule has 1 N–H and O–H groups in total. The quantitative estimate of drug-likeness (QED) is 0.447. The van der Waals surface area contributed by atoms with Crippen LogP contribution in [0, 0.1) is 39.0 Å². The zero-order chi connectivity index (χ0) is 21.8. The molecule has 3 rings (SSSR count). The molecule has 5 nitrogen and oxygen atoms in total. The van der Waals surface area contributed by atoms with Gasteiger partial charge in [0, 0.05) is 22.0 Å². The molecule has 2 aromatic carbocycles. The van der Waals surface area contributed by atoms with Crippen molar-refractivity contribution in [2.24, 2.45) is 0 Å². The van der Waals surface area contributed by atoms with E-state index in [4.69, 9.17) is 11.6 Å². The van der Waals surface area contributed by atoms with Gasteiger partial charge in [0.15, 0.2) is 0 Å². The van der Waals surface area contributed by atoms with Gasteiger partial charge in [0.2, 0.25) is 0 Å². The van der Waals surface area contributed by atoms with Crippen LogP contribution >= 0.6 is 11.6 Å². The van der Waals surface area contributed by atoms with Gasteiger partial charge in [-0.05, 0) is 57.0 Å². The first kappa shape index (κ1) is 21.4. The molecule has 0 saturated carbocycles. The first-order chi connectivity index (χ1) is 14.3. The summed E-state index contributed by atoms with van der Waals surface area (Å²) in [5.41, 5.74) is 6.08. The zero-order valence-electron chi connectivity index (χ0n) is 17.5. The second-order valence-corrected chi connectivity index (χ2v) is 7.68. The summed E-state index contributed by atoms with van der Waals surface area (Å²) in [5.74, 6) is -0.442. The van der Waals surface area contributed by atoms with Crippen molar-refractivity contribution in [3.8, 4) is 6.07 Å². The van der Waals surface area contributed by atoms with Crippen LogP contribution in [0.25, 0.3) is 6.08 Å². The maximum atomic E-state index is 12.7. The number of aryl methyl sites for hydroxylation is 3. The smallest absolute Gasteiger partial charge is 0.266 e. The van der Waals surface area contributed by atoms with E-state index in [-0.39, 0.29) is 5.57 Å². The fraction of sp³-hybridized carbons (Fsp3) is 0.208. The van der Waals surface area contributed by atoms with Gasteiger partial charge in [-0.15, -0.1) is 0 Å². The number of halogens is 1. The predicted molar refractivity (Wildman–Crippen MR) is 120 cm³/mol. The summed E-state index contributed by atoms with van der Waals surface area (Å²) in [7, 11) is 0. The summed E-state index contributed by atoms with van der Waals surface area (Å²) in [6, 6.07) is 15.4. The first-order valence-corrected chi connectivity index (χ1v) is 9.95. The van der Waals surface area contributed by atoms with E-state index in [1.54, 1.807) is 6.08 Å². The van der Waals surface area contributed by atoms with Gasteiger partial charge >= 0.3 is 0 Å². The number of carbonyl (C=O) groups is 1. The summed E-state index contributed by atoms with van der Waals surface area (Å²) in [6.45, 7) is 8.20. The molecule has 0 radical (unpaired) electrons. The molecule has 3 aromatic rings. The van der Waals surface area contributed by atoms with E-state index in [0.29, 0.717) is 17.3 Å². The fourth-order valence-corrected chi connectivity index (χ4v) is 3.49. The van der Waals surface area contributed by atoms with E-state index in [1.807, 2.05) is 80.9 Å². The van der Waals surface area contributed by atoms with Crippen molar-refractivity contribution >= 4 is 29.3 Å². The number of nitrogens with one attached hydrogen (secondary N) is 1. The third-order valence-corrected chi connectivity index (χ3v) is 5.37. The predicted octanol–water partition coefficient (Wildman–Crippen LogP) is 5.36. The maximum absolute atomic E-state index is 12.7. The van der Waals surface area contributed by atoms with Crippen LogP contribution in [0.4, 0.5) is 5.69 Å². The third-order valence-electron chi connectivity index (χ3n) is 5.00. The lowest BCUT2D eigenvalue weighted by Crippen LogP contribution is -2.14. The van der Waals surface area contributed by atoms with E-state index >= 15 is 0 Å². The Morgan fingerprint density at radius 1 is 1.20 bits per heavy atom. The molecule has 0 saturated heterocycles. The molecule has 0 fully saturated rings. The Bertz CT molecular complexity index is 1180. The molecule has 6 heteroatoms. The minimum Gasteiger partial charge on any atom is -0.321 e. The second-order valence-electron chi connectivity index (χ2n) is 7.28. The largest absolute Gasteiger partial charge is 0.321 e. The molecular formula is C24H23ClN4O. The first-order valence-electron chi connectivity index (χ1n) is 9.58. The van der Waals surface area contributed by atoms with Gasteiger partial charge in [-0.25, -0.2) is 0 Å². The number of hydrogen-bond acceptors (Lipinski definition) is 3. The van der Waals surface area contributed by atoms with E-state index < -0.39 is 5.91 Å². The number of nitrogens with zero attached hydrogens (tertiary/aromatic N) is 3. The molecule has 152 valence electrons. The molecule has 1 heterocycles. The summed E-state index contributed by atoms with van der Waals surface area (Å²) >= 11 is 6.27. The van der Waals surface area contributed by atoms with Crippen molar-refractivity contribution in [3.05, 3.63) is 86.7 Å². The summed E-state index contributed by atoms with van der Waals surface area (Å²) < 4.78 is 1.83. The third kappa shape index (κ3) is 4.61. The Morgan fingerprint density at radius 2 is 1.93 bits per heavy atom. The van der Waals surface area contributed by atoms with Crippen LogP contribution in [0.5, 0.6) is 0 Å². The number of benzene rings is 2. The van der Waals surface area contributed by atoms with Crippen LogP contribution < -0.4 is 5.32 Å². The molecule has 1 amide bonds. The second kappa shape index (κ2) is 8.98. The highest BCUT2D eigenvalue weighted by Crippen LogP contribution is 2.22. The minimum atomic E-state index is -0.442. The standard InChI is InChI=1S/C24H23ClN4O/c1-15-9-10-23(16(2)11-15)27-24(30)20(13-26)12-21-17(3)28-29(18(21)4)14-19-7-5-6-8-22(19)25/h5-12H,14H2,1-4H3,(H,27,30)/b20-12+. The SMILES string of the molecule is Cc1ccc(NC(=O)/C(C#N)=C/c2c(C)nn(Cc3ccccc3Cl)c2C)c(C)c1. The van der Waals surface area contributed by atoms with Crippen molar-refractivity contribution in [3.63, 3.8) is 0 Å². The highest BCUT2D eigenvalue weighted by atomic mass is 35.5. The lowest BCUT2D eigenvalue weighted by molar-refractivity contribution is -0.112. The molecule has 0 spiro atoms. The lowest BCUT2D eigenvalue weighted by atomic mass is 10.1. The van der Waals surface area contributed by atoms with Gasteiger partial charge in [0.1, 0.15) is 11.6 Å². The molecule has 0 atom stereocenters. The summed E-state index contributed by atoms with van der Waals surface area (Å²) in [4.78, 5) is 12.7. The number of aromatic nitrogens is 2. The average molecular weight is 419 g/mol. The van der Waals surface area contributed by atoms with Crippen molar-refractivity contribution in [2.45, 2.75) is 34.2 Å². The summed E-state index contributed by atoms with van der Waals surface area (Å²) in [5, 5.41) is 17.7. The molecule has 0 aliphatic heterocycles. The Hall–Kier alpha value is -3.36. The van der Waals surface area contributed by atoms with Crippen molar-refractivity contribution < 1.29 is 4.79 Å². The van der Waals surface area contributed by atoms with Gasteiger partial charge in [-0.1, -0.05) is 47.5 Å². The monoisotopic (exact) mass is 418 g/mol. The zero-order valence-corrected chi connectivity index (χ0v) is 18.2. The normalized spacial score (nSPS) is 11.3. The highest BCUT2D eigenvalue weighted by molar-refractivity contribution is 6.31. The maximum Gasteiger partial charge on any atom is 0.266 e. The van der Waals surface area contributed by atoms with Crippen LogP contribution in [0.1, 0.15) is 33.6 Å². The molecule has 30 heavy (non-hydrogen) atoms. The Balaban J connectivity index is 1.88. The molecule has 0 aliphatic carbocycles. The molecule has 1 aromatic heterocycles. The molecule has 0 bridgehead atoms. The van der Waals surface area contributed by atoms with E-state index in [2.05, 4.69) is 10.4 Å².